The molecule has 0 atom stereocenters. The summed E-state index contributed by atoms with van der Waals surface area (Å²) in [4.78, 5) is 21.1. The molecule has 31 heavy (non-hydrogen) atoms. The molecule has 0 aromatic heterocycles. The number of aliphatic imine (C=N–C) groups is 1. The van der Waals surface area contributed by atoms with E-state index in [0.29, 0.717) is 25.5 Å². The maximum Gasteiger partial charge on any atom is 0.224 e. The number of guanidine groups is 1. The van der Waals surface area contributed by atoms with Gasteiger partial charge in [-0.05, 0) is 18.2 Å². The topological polar surface area (TPSA) is 69.2 Å². The van der Waals surface area contributed by atoms with Gasteiger partial charge in [-0.3, -0.25) is 9.79 Å². The van der Waals surface area contributed by atoms with Crippen molar-refractivity contribution in [3.8, 4) is 5.75 Å². The number of nitrogens with zero attached hydrogens (tertiary/aromatic N) is 3. The highest BCUT2D eigenvalue weighted by Crippen LogP contribution is 2.17. The Morgan fingerprint density at radius 1 is 1.00 bits per heavy atom. The van der Waals surface area contributed by atoms with E-state index in [-0.39, 0.29) is 29.9 Å². The van der Waals surface area contributed by atoms with Crippen molar-refractivity contribution in [2.45, 2.75) is 13.0 Å². The number of anilines is 1. The van der Waals surface area contributed by atoms with E-state index >= 15 is 0 Å². The van der Waals surface area contributed by atoms with Crippen LogP contribution in [0.2, 0.25) is 0 Å². The van der Waals surface area contributed by atoms with E-state index in [9.17, 15) is 4.79 Å². The second kappa shape index (κ2) is 13.0. The highest BCUT2D eigenvalue weighted by Gasteiger charge is 2.20. The average Bonchev–Trinajstić information content (AvgIpc) is 2.82. The molecule has 0 aliphatic carbocycles. The Kier molecular flexibility index (Phi) is 10.4. The lowest BCUT2D eigenvalue weighted by Gasteiger charge is -2.36. The smallest absolute Gasteiger partial charge is 0.224 e. The average molecular weight is 537 g/mol. The van der Waals surface area contributed by atoms with Gasteiger partial charge in [0.25, 0.3) is 0 Å². The van der Waals surface area contributed by atoms with Gasteiger partial charge >= 0.3 is 0 Å². The Labute approximate surface area is 201 Å². The summed E-state index contributed by atoms with van der Waals surface area (Å²) < 4.78 is 5.37. The molecule has 0 unspecified atom stereocenters. The number of amides is 1. The first-order valence-electron chi connectivity index (χ1n) is 10.4. The quantitative estimate of drug-likeness (QED) is 0.323. The number of halogens is 1. The summed E-state index contributed by atoms with van der Waals surface area (Å²) in [6.07, 6.45) is 0.445. The lowest BCUT2D eigenvalue weighted by Crippen LogP contribution is -2.49. The third-order valence-electron chi connectivity index (χ3n) is 5.25. The lowest BCUT2D eigenvalue weighted by atomic mass is 10.2. The largest absolute Gasteiger partial charge is 0.496 e. The number of hydrogen-bond donors (Lipinski definition) is 2. The second-order valence-corrected chi connectivity index (χ2v) is 7.12. The van der Waals surface area contributed by atoms with E-state index in [1.54, 1.807) is 14.2 Å². The molecular weight excluding hydrogens is 505 g/mol. The molecule has 2 aromatic carbocycles. The van der Waals surface area contributed by atoms with Crippen LogP contribution in [0.4, 0.5) is 5.69 Å². The van der Waals surface area contributed by atoms with Gasteiger partial charge in [0.2, 0.25) is 5.91 Å². The molecule has 2 aromatic rings. The number of para-hydroxylation sites is 2. The minimum Gasteiger partial charge on any atom is -0.496 e. The van der Waals surface area contributed by atoms with Crippen LogP contribution in [0.15, 0.2) is 59.6 Å². The van der Waals surface area contributed by atoms with Gasteiger partial charge in [-0.15, -0.1) is 24.0 Å². The van der Waals surface area contributed by atoms with E-state index in [0.717, 1.165) is 37.5 Å². The van der Waals surface area contributed by atoms with E-state index in [4.69, 9.17) is 4.74 Å². The zero-order chi connectivity index (χ0) is 21.2. The predicted octanol–water partition coefficient (Wildman–Crippen LogP) is 2.72. The van der Waals surface area contributed by atoms with Crippen molar-refractivity contribution < 1.29 is 9.53 Å². The fourth-order valence-corrected chi connectivity index (χ4v) is 3.55. The molecule has 0 saturated carbocycles. The van der Waals surface area contributed by atoms with Gasteiger partial charge in [0.05, 0.1) is 7.11 Å². The van der Waals surface area contributed by atoms with Crippen LogP contribution in [0.3, 0.4) is 0 Å². The van der Waals surface area contributed by atoms with Crippen molar-refractivity contribution in [2.24, 2.45) is 4.99 Å². The Morgan fingerprint density at radius 2 is 1.68 bits per heavy atom. The van der Waals surface area contributed by atoms with Crippen LogP contribution >= 0.6 is 24.0 Å². The number of piperazine rings is 1. The normalized spacial score (nSPS) is 13.9. The van der Waals surface area contributed by atoms with Crippen LogP contribution in [-0.4, -0.2) is 63.6 Å². The molecular formula is C23H32IN5O2. The third kappa shape index (κ3) is 7.30. The van der Waals surface area contributed by atoms with E-state index in [1.165, 1.54) is 5.69 Å². The molecule has 1 aliphatic rings. The van der Waals surface area contributed by atoms with Crippen molar-refractivity contribution in [3.05, 3.63) is 60.2 Å². The number of methoxy groups -OCH3 is 1. The highest BCUT2D eigenvalue weighted by molar-refractivity contribution is 14.0. The third-order valence-corrected chi connectivity index (χ3v) is 5.25. The van der Waals surface area contributed by atoms with E-state index in [1.807, 2.05) is 47.4 Å². The van der Waals surface area contributed by atoms with Crippen LogP contribution in [-0.2, 0) is 11.3 Å². The number of rotatable bonds is 7. The van der Waals surface area contributed by atoms with Crippen molar-refractivity contribution in [1.82, 2.24) is 15.5 Å². The molecule has 1 amide bonds. The van der Waals surface area contributed by atoms with Gasteiger partial charge in [0.1, 0.15) is 5.75 Å². The Hall–Kier alpha value is -2.49. The number of carbonyl (C=O) groups excluding carboxylic acids is 1. The monoisotopic (exact) mass is 537 g/mol. The van der Waals surface area contributed by atoms with Crippen molar-refractivity contribution in [1.29, 1.82) is 0 Å². The molecule has 1 saturated heterocycles. The minimum atomic E-state index is 0. The Balaban J connectivity index is 0.00000341. The summed E-state index contributed by atoms with van der Waals surface area (Å²) in [6, 6.07) is 18.2. The van der Waals surface area contributed by atoms with Crippen molar-refractivity contribution in [3.63, 3.8) is 0 Å². The zero-order valence-corrected chi connectivity index (χ0v) is 20.5. The van der Waals surface area contributed by atoms with Gasteiger partial charge in [-0.1, -0.05) is 36.4 Å². The standard InChI is InChI=1S/C23H31N5O2.HI/c1-24-23(26-18-19-8-6-7-11-21(19)30-2)25-13-12-22(29)28-16-14-27(15-17-28)20-9-4-3-5-10-20;/h3-11H,12-18H2,1-2H3,(H2,24,25,26);1H. The number of benzene rings is 2. The second-order valence-electron chi connectivity index (χ2n) is 7.12. The van der Waals surface area contributed by atoms with Gasteiger partial charge in [0.15, 0.2) is 5.96 Å². The van der Waals surface area contributed by atoms with Crippen molar-refractivity contribution in [2.75, 3.05) is 51.8 Å². The first kappa shape index (κ1) is 24.8. The van der Waals surface area contributed by atoms with Crippen LogP contribution < -0.4 is 20.3 Å². The minimum absolute atomic E-state index is 0. The highest BCUT2D eigenvalue weighted by atomic mass is 127. The van der Waals surface area contributed by atoms with Gasteiger partial charge in [-0.2, -0.15) is 0 Å². The Bertz CT molecular complexity index is 839. The summed E-state index contributed by atoms with van der Waals surface area (Å²) in [7, 11) is 3.39. The lowest BCUT2D eigenvalue weighted by molar-refractivity contribution is -0.131. The molecule has 1 fully saturated rings. The Morgan fingerprint density at radius 3 is 2.35 bits per heavy atom. The first-order chi connectivity index (χ1) is 14.7. The molecule has 0 spiro atoms. The fraction of sp³-hybridized carbons (Fsp3) is 0.391. The molecule has 2 N–H and O–H groups in total. The van der Waals surface area contributed by atoms with Crippen molar-refractivity contribution >= 4 is 41.5 Å². The van der Waals surface area contributed by atoms with E-state index < -0.39 is 0 Å². The summed E-state index contributed by atoms with van der Waals surface area (Å²) in [6.45, 7) is 4.39. The SMILES string of the molecule is CN=C(NCCC(=O)N1CCN(c2ccccc2)CC1)NCc1ccccc1OC.I. The molecule has 0 radical (unpaired) electrons. The summed E-state index contributed by atoms with van der Waals surface area (Å²) >= 11 is 0. The van der Waals surface area contributed by atoms with Gasteiger partial charge in [0, 0.05) is 64.0 Å². The van der Waals surface area contributed by atoms with E-state index in [2.05, 4.69) is 32.7 Å². The fourth-order valence-electron chi connectivity index (χ4n) is 3.55. The zero-order valence-electron chi connectivity index (χ0n) is 18.2. The molecule has 1 heterocycles. The summed E-state index contributed by atoms with van der Waals surface area (Å²) in [5.41, 5.74) is 2.27. The molecule has 168 valence electrons. The van der Waals surface area contributed by atoms with Gasteiger partial charge in [-0.25, -0.2) is 0 Å². The van der Waals surface area contributed by atoms with Crippen LogP contribution in [0.1, 0.15) is 12.0 Å². The molecule has 0 bridgehead atoms. The summed E-state index contributed by atoms with van der Waals surface area (Å²) in [5, 5.41) is 6.49. The maximum atomic E-state index is 12.6. The van der Waals surface area contributed by atoms with Crippen LogP contribution in [0.25, 0.3) is 0 Å². The molecule has 1 aliphatic heterocycles. The number of hydrogen-bond acceptors (Lipinski definition) is 4. The predicted molar refractivity (Wildman–Crippen MR) is 136 cm³/mol. The van der Waals surface area contributed by atoms with Gasteiger partial charge < -0.3 is 25.2 Å². The first-order valence-corrected chi connectivity index (χ1v) is 10.4. The molecule has 8 heteroatoms. The summed E-state index contributed by atoms with van der Waals surface area (Å²) in [5.74, 6) is 1.68. The maximum absolute atomic E-state index is 12.6. The number of carbonyl (C=O) groups is 1. The molecule has 3 rings (SSSR count). The van der Waals surface area contributed by atoms with Crippen LogP contribution in [0.5, 0.6) is 5.75 Å². The van der Waals surface area contributed by atoms with Crippen LogP contribution in [0, 0.1) is 0 Å². The molecule has 7 nitrogen and oxygen atoms in total. The number of ether oxygens (including phenoxy) is 1. The number of nitrogens with one attached hydrogen (secondary N) is 2.